The molecule has 1 aromatic heterocycles. The largest absolute Gasteiger partial charge is 0.370 e. The van der Waals surface area contributed by atoms with Crippen LogP contribution < -0.4 is 5.32 Å². The summed E-state index contributed by atoms with van der Waals surface area (Å²) in [6.07, 6.45) is 9.02. The van der Waals surface area contributed by atoms with E-state index < -0.39 is 0 Å². The van der Waals surface area contributed by atoms with E-state index in [2.05, 4.69) is 18.3 Å². The van der Waals surface area contributed by atoms with Crippen LogP contribution in [0.1, 0.15) is 75.2 Å². The summed E-state index contributed by atoms with van der Waals surface area (Å²) in [6, 6.07) is 2.17. The molecule has 2 aliphatic carbocycles. The quantitative estimate of drug-likeness (QED) is 0.856. The third kappa shape index (κ3) is 2.65. The molecule has 0 spiro atoms. The first kappa shape index (κ1) is 11.9. The number of nitrogens with one attached hydrogen (secondary N) is 1. The van der Waals surface area contributed by atoms with Gasteiger partial charge in [0.05, 0.1) is 0 Å². The minimum atomic E-state index is 0.617. The Morgan fingerprint density at radius 1 is 1.11 bits per heavy atom. The minimum absolute atomic E-state index is 0.617. The maximum atomic E-state index is 4.83. The van der Waals surface area contributed by atoms with Gasteiger partial charge in [-0.25, -0.2) is 9.97 Å². The Morgan fingerprint density at radius 2 is 1.89 bits per heavy atom. The number of hydrogen-bond acceptors (Lipinski definition) is 3. The van der Waals surface area contributed by atoms with Gasteiger partial charge in [-0.15, -0.1) is 0 Å². The van der Waals surface area contributed by atoms with Crippen LogP contribution in [-0.2, 0) is 0 Å². The fourth-order valence-electron chi connectivity index (χ4n) is 2.78. The molecule has 18 heavy (non-hydrogen) atoms. The SMILES string of the molecule is CCCNc1cc(C2CC2)nc(C2CCCC2)n1. The Kier molecular flexibility index (Phi) is 3.48. The molecule has 3 rings (SSSR count). The Balaban J connectivity index is 1.83. The smallest absolute Gasteiger partial charge is 0.134 e. The number of anilines is 1. The van der Waals surface area contributed by atoms with Gasteiger partial charge in [0.25, 0.3) is 0 Å². The first-order valence-electron chi connectivity index (χ1n) is 7.49. The normalized spacial score (nSPS) is 20.3. The number of aromatic nitrogens is 2. The Morgan fingerprint density at radius 3 is 2.56 bits per heavy atom. The standard InChI is InChI=1S/C15H23N3/c1-2-9-16-14-10-13(11-7-8-11)17-15(18-14)12-5-3-4-6-12/h10-12H,2-9H2,1H3,(H,16,17,18). The minimum Gasteiger partial charge on any atom is -0.370 e. The molecule has 2 fully saturated rings. The van der Waals surface area contributed by atoms with Crippen LogP contribution in [0, 0.1) is 0 Å². The zero-order chi connectivity index (χ0) is 12.4. The van der Waals surface area contributed by atoms with E-state index in [-0.39, 0.29) is 0 Å². The summed E-state index contributed by atoms with van der Waals surface area (Å²) in [6.45, 7) is 3.19. The molecule has 0 amide bonds. The zero-order valence-corrected chi connectivity index (χ0v) is 11.3. The van der Waals surface area contributed by atoms with Gasteiger partial charge in [-0.1, -0.05) is 19.8 Å². The average Bonchev–Trinajstić information content (AvgIpc) is 3.11. The highest BCUT2D eigenvalue weighted by atomic mass is 15.0. The molecular formula is C15H23N3. The summed E-state index contributed by atoms with van der Waals surface area (Å²) in [4.78, 5) is 9.58. The van der Waals surface area contributed by atoms with Crippen molar-refractivity contribution in [2.24, 2.45) is 0 Å². The van der Waals surface area contributed by atoms with E-state index in [0.717, 1.165) is 30.5 Å². The average molecular weight is 245 g/mol. The van der Waals surface area contributed by atoms with Crippen LogP contribution in [0.3, 0.4) is 0 Å². The van der Waals surface area contributed by atoms with Crippen molar-refractivity contribution in [3.05, 3.63) is 17.6 Å². The molecule has 0 atom stereocenters. The molecule has 0 bridgehead atoms. The summed E-state index contributed by atoms with van der Waals surface area (Å²) in [5.74, 6) is 3.49. The van der Waals surface area contributed by atoms with Crippen molar-refractivity contribution in [3.63, 3.8) is 0 Å². The van der Waals surface area contributed by atoms with Gasteiger partial charge in [0, 0.05) is 30.1 Å². The summed E-state index contributed by atoms with van der Waals surface area (Å²) in [5, 5.41) is 3.43. The molecule has 3 heteroatoms. The third-order valence-electron chi connectivity index (χ3n) is 4.04. The van der Waals surface area contributed by atoms with Crippen molar-refractivity contribution in [2.75, 3.05) is 11.9 Å². The maximum Gasteiger partial charge on any atom is 0.134 e. The molecule has 0 unspecified atom stereocenters. The molecule has 1 heterocycles. The van der Waals surface area contributed by atoms with Gasteiger partial charge in [0.2, 0.25) is 0 Å². The van der Waals surface area contributed by atoms with E-state index in [4.69, 9.17) is 9.97 Å². The summed E-state index contributed by atoms with van der Waals surface area (Å²) >= 11 is 0. The van der Waals surface area contributed by atoms with Gasteiger partial charge >= 0.3 is 0 Å². The molecular weight excluding hydrogens is 222 g/mol. The summed E-state index contributed by atoms with van der Waals surface area (Å²) in [7, 11) is 0. The summed E-state index contributed by atoms with van der Waals surface area (Å²) in [5.41, 5.74) is 1.28. The molecule has 1 N–H and O–H groups in total. The van der Waals surface area contributed by atoms with E-state index in [1.807, 2.05) is 0 Å². The third-order valence-corrected chi connectivity index (χ3v) is 4.04. The Labute approximate surface area is 109 Å². The van der Waals surface area contributed by atoms with Crippen LogP contribution in [0.2, 0.25) is 0 Å². The van der Waals surface area contributed by atoms with E-state index in [0.29, 0.717) is 5.92 Å². The van der Waals surface area contributed by atoms with Gasteiger partial charge in [-0.3, -0.25) is 0 Å². The van der Waals surface area contributed by atoms with Crippen LogP contribution in [0.25, 0.3) is 0 Å². The molecule has 3 nitrogen and oxygen atoms in total. The van der Waals surface area contributed by atoms with Gasteiger partial charge in [-0.05, 0) is 32.1 Å². The predicted molar refractivity (Wildman–Crippen MR) is 74.0 cm³/mol. The summed E-state index contributed by atoms with van der Waals surface area (Å²) < 4.78 is 0. The molecule has 98 valence electrons. The van der Waals surface area contributed by atoms with Gasteiger partial charge in [-0.2, -0.15) is 0 Å². The van der Waals surface area contributed by atoms with Crippen molar-refractivity contribution >= 4 is 5.82 Å². The monoisotopic (exact) mass is 245 g/mol. The lowest BCUT2D eigenvalue weighted by Crippen LogP contribution is -2.09. The lowest BCUT2D eigenvalue weighted by atomic mass is 10.1. The Bertz CT molecular complexity index is 406. The van der Waals surface area contributed by atoms with E-state index >= 15 is 0 Å². The van der Waals surface area contributed by atoms with E-state index in [1.54, 1.807) is 0 Å². The second-order valence-corrected chi connectivity index (χ2v) is 5.72. The van der Waals surface area contributed by atoms with Gasteiger partial charge < -0.3 is 5.32 Å². The lowest BCUT2D eigenvalue weighted by molar-refractivity contribution is 0.661. The zero-order valence-electron chi connectivity index (χ0n) is 11.3. The highest BCUT2D eigenvalue weighted by Crippen LogP contribution is 2.41. The molecule has 0 radical (unpaired) electrons. The van der Waals surface area contributed by atoms with Crippen LogP contribution in [-0.4, -0.2) is 16.5 Å². The topological polar surface area (TPSA) is 37.8 Å². The van der Waals surface area contributed by atoms with Crippen LogP contribution in [0.15, 0.2) is 6.07 Å². The van der Waals surface area contributed by atoms with Gasteiger partial charge in [0.15, 0.2) is 0 Å². The van der Waals surface area contributed by atoms with Crippen molar-refractivity contribution in [2.45, 2.75) is 63.7 Å². The second-order valence-electron chi connectivity index (χ2n) is 5.72. The fourth-order valence-corrected chi connectivity index (χ4v) is 2.78. The van der Waals surface area contributed by atoms with Crippen LogP contribution >= 0.6 is 0 Å². The molecule has 2 saturated carbocycles. The fraction of sp³-hybridized carbons (Fsp3) is 0.733. The first-order valence-corrected chi connectivity index (χ1v) is 7.49. The highest BCUT2D eigenvalue weighted by Gasteiger charge is 2.28. The van der Waals surface area contributed by atoms with Crippen molar-refractivity contribution in [1.29, 1.82) is 0 Å². The predicted octanol–water partition coefficient (Wildman–Crippen LogP) is 3.83. The molecule has 1 aromatic rings. The molecule has 0 aromatic carbocycles. The first-order chi connectivity index (χ1) is 8.86. The van der Waals surface area contributed by atoms with E-state index in [1.165, 1.54) is 44.2 Å². The van der Waals surface area contributed by atoms with Crippen molar-refractivity contribution in [3.8, 4) is 0 Å². The highest BCUT2D eigenvalue weighted by molar-refractivity contribution is 5.38. The molecule has 0 saturated heterocycles. The lowest BCUT2D eigenvalue weighted by Gasteiger charge is -2.12. The molecule has 0 aliphatic heterocycles. The van der Waals surface area contributed by atoms with Crippen molar-refractivity contribution in [1.82, 2.24) is 9.97 Å². The van der Waals surface area contributed by atoms with Crippen molar-refractivity contribution < 1.29 is 0 Å². The number of rotatable bonds is 5. The number of nitrogens with zero attached hydrogens (tertiary/aromatic N) is 2. The Hall–Kier alpha value is -1.12. The van der Waals surface area contributed by atoms with Crippen LogP contribution in [0.5, 0.6) is 0 Å². The maximum absolute atomic E-state index is 4.83. The van der Waals surface area contributed by atoms with Crippen LogP contribution in [0.4, 0.5) is 5.82 Å². The van der Waals surface area contributed by atoms with E-state index in [9.17, 15) is 0 Å². The number of hydrogen-bond donors (Lipinski definition) is 1. The second kappa shape index (κ2) is 5.25. The molecule has 2 aliphatic rings. The van der Waals surface area contributed by atoms with Gasteiger partial charge in [0.1, 0.15) is 11.6 Å².